The van der Waals surface area contributed by atoms with E-state index in [4.69, 9.17) is 0 Å². The molecule has 0 aliphatic carbocycles. The van der Waals surface area contributed by atoms with Crippen LogP contribution in [0.2, 0.25) is 0 Å². The Bertz CT molecular complexity index is 563. The van der Waals surface area contributed by atoms with E-state index in [1.54, 1.807) is 0 Å². The third-order valence-electron chi connectivity index (χ3n) is 3.75. The first kappa shape index (κ1) is 14.6. The number of para-hydroxylation sites is 1. The summed E-state index contributed by atoms with van der Waals surface area (Å²) in [6.07, 6.45) is 0. The van der Waals surface area contributed by atoms with Gasteiger partial charge in [0, 0.05) is 25.3 Å². The number of nitrogens with zero attached hydrogens (tertiary/aromatic N) is 1. The highest BCUT2D eigenvalue weighted by Gasteiger charge is 2.11. The van der Waals surface area contributed by atoms with Crippen molar-refractivity contribution in [1.29, 1.82) is 0 Å². The molecule has 0 bridgehead atoms. The molecule has 1 unspecified atom stereocenters. The Morgan fingerprint density at radius 1 is 1.10 bits per heavy atom. The Hall–Kier alpha value is -1.80. The number of hydrogen-bond donors (Lipinski definition) is 1. The van der Waals surface area contributed by atoms with Gasteiger partial charge in [-0.15, -0.1) is 0 Å². The second-order valence-corrected chi connectivity index (χ2v) is 5.41. The van der Waals surface area contributed by atoms with Gasteiger partial charge < -0.3 is 10.2 Å². The van der Waals surface area contributed by atoms with Crippen LogP contribution < -0.4 is 10.2 Å². The van der Waals surface area contributed by atoms with Crippen LogP contribution in [0, 0.1) is 6.92 Å². The number of benzene rings is 2. The zero-order chi connectivity index (χ0) is 14.5. The first-order chi connectivity index (χ1) is 9.61. The summed E-state index contributed by atoms with van der Waals surface area (Å²) in [5.74, 6) is 0. The Balaban J connectivity index is 2.23. The zero-order valence-electron chi connectivity index (χ0n) is 12.9. The maximum Gasteiger partial charge on any atom is 0.0426 e. The van der Waals surface area contributed by atoms with Crippen LogP contribution >= 0.6 is 0 Å². The van der Waals surface area contributed by atoms with E-state index >= 15 is 0 Å². The smallest absolute Gasteiger partial charge is 0.0426 e. The maximum atomic E-state index is 3.32. The molecule has 2 aromatic rings. The average Bonchev–Trinajstić information content (AvgIpc) is 2.46. The highest BCUT2D eigenvalue weighted by Crippen LogP contribution is 2.26. The summed E-state index contributed by atoms with van der Waals surface area (Å²) in [5, 5.41) is 3.32. The maximum absolute atomic E-state index is 3.32. The van der Waals surface area contributed by atoms with Crippen LogP contribution in [-0.2, 0) is 6.54 Å². The number of hydrogen-bond acceptors (Lipinski definition) is 2. The van der Waals surface area contributed by atoms with Gasteiger partial charge in [-0.05, 0) is 38.1 Å². The van der Waals surface area contributed by atoms with Crippen LogP contribution in [0.25, 0.3) is 0 Å². The normalized spacial score (nSPS) is 12.2. The lowest BCUT2D eigenvalue weighted by atomic mass is 10.0. The van der Waals surface area contributed by atoms with Crippen LogP contribution in [-0.4, -0.2) is 14.1 Å². The first-order valence-electron chi connectivity index (χ1n) is 7.14. The molecule has 0 heterocycles. The molecule has 0 aromatic heterocycles. The lowest BCUT2D eigenvalue weighted by Gasteiger charge is -2.25. The van der Waals surface area contributed by atoms with Crippen molar-refractivity contribution in [3.05, 3.63) is 65.2 Å². The van der Waals surface area contributed by atoms with Crippen molar-refractivity contribution < 1.29 is 0 Å². The molecule has 2 nitrogen and oxygen atoms in total. The lowest BCUT2D eigenvalue weighted by Crippen LogP contribution is -2.21. The number of aryl methyl sites for hydroxylation is 1. The number of rotatable bonds is 5. The lowest BCUT2D eigenvalue weighted by molar-refractivity contribution is 0.649. The van der Waals surface area contributed by atoms with Gasteiger partial charge in [0.1, 0.15) is 0 Å². The highest BCUT2D eigenvalue weighted by molar-refractivity contribution is 5.54. The van der Waals surface area contributed by atoms with Gasteiger partial charge in [0.2, 0.25) is 0 Å². The van der Waals surface area contributed by atoms with E-state index in [1.165, 1.54) is 22.4 Å². The van der Waals surface area contributed by atoms with Crippen molar-refractivity contribution in [2.45, 2.75) is 26.4 Å². The second kappa shape index (κ2) is 6.58. The number of anilines is 1. The minimum absolute atomic E-state index is 0.353. The summed E-state index contributed by atoms with van der Waals surface area (Å²) < 4.78 is 0. The van der Waals surface area contributed by atoms with Crippen molar-refractivity contribution >= 4 is 5.69 Å². The minimum Gasteiger partial charge on any atom is -0.370 e. The van der Waals surface area contributed by atoms with Crippen LogP contribution in [0.3, 0.4) is 0 Å². The molecule has 106 valence electrons. The van der Waals surface area contributed by atoms with E-state index in [2.05, 4.69) is 79.6 Å². The third kappa shape index (κ3) is 3.40. The van der Waals surface area contributed by atoms with Crippen molar-refractivity contribution in [2.24, 2.45) is 0 Å². The topological polar surface area (TPSA) is 15.3 Å². The SMILES string of the molecule is CNC(C)c1ccccc1N(C)Cc1cccc(C)c1. The summed E-state index contributed by atoms with van der Waals surface area (Å²) >= 11 is 0. The first-order valence-corrected chi connectivity index (χ1v) is 7.14. The monoisotopic (exact) mass is 268 g/mol. The van der Waals surface area contributed by atoms with Gasteiger partial charge in [-0.2, -0.15) is 0 Å². The molecular weight excluding hydrogens is 244 g/mol. The van der Waals surface area contributed by atoms with Crippen molar-refractivity contribution in [2.75, 3.05) is 19.0 Å². The van der Waals surface area contributed by atoms with Crippen molar-refractivity contribution in [1.82, 2.24) is 5.32 Å². The molecule has 0 radical (unpaired) electrons. The fourth-order valence-electron chi connectivity index (χ4n) is 2.53. The highest BCUT2D eigenvalue weighted by atomic mass is 15.1. The molecule has 1 N–H and O–H groups in total. The molecule has 0 saturated heterocycles. The minimum atomic E-state index is 0.353. The molecule has 1 atom stereocenters. The molecule has 0 aliphatic rings. The van der Waals surface area contributed by atoms with E-state index in [9.17, 15) is 0 Å². The molecule has 2 aromatic carbocycles. The fourth-order valence-corrected chi connectivity index (χ4v) is 2.53. The van der Waals surface area contributed by atoms with Crippen molar-refractivity contribution in [3.8, 4) is 0 Å². The fraction of sp³-hybridized carbons (Fsp3) is 0.333. The van der Waals surface area contributed by atoms with E-state index in [0.717, 1.165) is 6.54 Å². The molecule has 0 spiro atoms. The predicted octanol–water partition coefficient (Wildman–Crippen LogP) is 3.91. The van der Waals surface area contributed by atoms with Gasteiger partial charge >= 0.3 is 0 Å². The summed E-state index contributed by atoms with van der Waals surface area (Å²) in [6, 6.07) is 17.7. The van der Waals surface area contributed by atoms with Gasteiger partial charge in [-0.1, -0.05) is 48.0 Å². The molecule has 0 fully saturated rings. The Kier molecular flexibility index (Phi) is 4.80. The predicted molar refractivity (Wildman–Crippen MR) is 87.2 cm³/mol. The third-order valence-corrected chi connectivity index (χ3v) is 3.75. The standard InChI is InChI=1S/C18H24N2/c1-14-8-7-9-16(12-14)13-20(4)18-11-6-5-10-17(18)15(2)19-3/h5-12,15,19H,13H2,1-4H3. The zero-order valence-corrected chi connectivity index (χ0v) is 12.9. The summed E-state index contributed by atoms with van der Waals surface area (Å²) in [6.45, 7) is 5.26. The van der Waals surface area contributed by atoms with Crippen LogP contribution in [0.15, 0.2) is 48.5 Å². The van der Waals surface area contributed by atoms with Crippen LogP contribution in [0.5, 0.6) is 0 Å². The molecule has 0 amide bonds. The molecule has 20 heavy (non-hydrogen) atoms. The largest absolute Gasteiger partial charge is 0.370 e. The Morgan fingerprint density at radius 2 is 1.85 bits per heavy atom. The molecule has 0 saturated carbocycles. The van der Waals surface area contributed by atoms with E-state index in [1.807, 2.05) is 7.05 Å². The molecule has 0 aliphatic heterocycles. The van der Waals surface area contributed by atoms with Gasteiger partial charge in [0.05, 0.1) is 0 Å². The summed E-state index contributed by atoms with van der Waals surface area (Å²) in [5.41, 5.74) is 5.29. The van der Waals surface area contributed by atoms with E-state index < -0.39 is 0 Å². The summed E-state index contributed by atoms with van der Waals surface area (Å²) in [4.78, 5) is 2.32. The number of nitrogens with one attached hydrogen (secondary N) is 1. The van der Waals surface area contributed by atoms with Gasteiger partial charge in [0.25, 0.3) is 0 Å². The Labute approximate surface area is 122 Å². The summed E-state index contributed by atoms with van der Waals surface area (Å²) in [7, 11) is 4.16. The average molecular weight is 268 g/mol. The van der Waals surface area contributed by atoms with Gasteiger partial charge in [-0.25, -0.2) is 0 Å². The quantitative estimate of drug-likeness (QED) is 0.884. The van der Waals surface area contributed by atoms with Crippen molar-refractivity contribution in [3.63, 3.8) is 0 Å². The molecule has 2 heteroatoms. The van der Waals surface area contributed by atoms with E-state index in [-0.39, 0.29) is 0 Å². The van der Waals surface area contributed by atoms with Crippen LogP contribution in [0.4, 0.5) is 5.69 Å². The van der Waals surface area contributed by atoms with E-state index in [0.29, 0.717) is 6.04 Å². The van der Waals surface area contributed by atoms with Gasteiger partial charge in [0.15, 0.2) is 0 Å². The van der Waals surface area contributed by atoms with Gasteiger partial charge in [-0.3, -0.25) is 0 Å². The Morgan fingerprint density at radius 3 is 2.55 bits per heavy atom. The molecular formula is C18H24N2. The van der Waals surface area contributed by atoms with Crippen LogP contribution in [0.1, 0.15) is 29.7 Å². The molecule has 2 rings (SSSR count). The second-order valence-electron chi connectivity index (χ2n) is 5.41.